The van der Waals surface area contributed by atoms with E-state index in [1.165, 1.54) is 0 Å². The van der Waals surface area contributed by atoms with E-state index in [2.05, 4.69) is 6.92 Å². The van der Waals surface area contributed by atoms with Crippen LogP contribution in [0, 0.1) is 5.92 Å². The summed E-state index contributed by atoms with van der Waals surface area (Å²) >= 11 is 0. The highest BCUT2D eigenvalue weighted by atomic mass is 16.7. The predicted molar refractivity (Wildman–Crippen MR) is 149 cm³/mol. The maximum atomic E-state index is 12.0. The lowest BCUT2D eigenvalue weighted by Gasteiger charge is -2.35. The third-order valence-corrected chi connectivity index (χ3v) is 8.73. The first-order chi connectivity index (χ1) is 20.5. The summed E-state index contributed by atoms with van der Waals surface area (Å²) in [7, 11) is 4.78. The van der Waals surface area contributed by atoms with Crippen LogP contribution in [0.2, 0.25) is 0 Å². The van der Waals surface area contributed by atoms with Crippen LogP contribution in [-0.2, 0) is 9.47 Å². The van der Waals surface area contributed by atoms with E-state index in [0.717, 1.165) is 17.5 Å². The van der Waals surface area contributed by atoms with Gasteiger partial charge in [0.25, 0.3) is 0 Å². The zero-order chi connectivity index (χ0) is 29.0. The zero-order valence-corrected chi connectivity index (χ0v) is 24.0. The summed E-state index contributed by atoms with van der Waals surface area (Å²) in [6.45, 7) is 2.61. The molecule has 0 saturated carbocycles. The fraction of sp³-hybridized carbons (Fsp3) is 0.438. The fourth-order valence-electron chi connectivity index (χ4n) is 6.58. The van der Waals surface area contributed by atoms with E-state index in [0.29, 0.717) is 45.8 Å². The molecule has 10 heteroatoms. The van der Waals surface area contributed by atoms with Crippen molar-refractivity contribution in [2.75, 3.05) is 41.3 Å². The SMILES string of the molecule is CC[C@H]1Oc2cc([C@H]3OC[C@@]4(O)[C@@H](c5c(OC)cccc5OC)OC[C@@H]34)c(OC)cc2O[C@@H]1c1ccc2c(c1)OCO2. The van der Waals surface area contributed by atoms with E-state index in [1.807, 2.05) is 48.5 Å². The first-order valence-electron chi connectivity index (χ1n) is 14.1. The predicted octanol–water partition coefficient (Wildman–Crippen LogP) is 4.92. The van der Waals surface area contributed by atoms with Crippen molar-refractivity contribution in [3.05, 3.63) is 65.2 Å². The average Bonchev–Trinajstić information content (AvgIpc) is 3.72. The van der Waals surface area contributed by atoms with Gasteiger partial charge in [0.2, 0.25) is 6.79 Å². The average molecular weight is 579 g/mol. The topological polar surface area (TPSA) is 103 Å². The van der Waals surface area contributed by atoms with Gasteiger partial charge in [-0.3, -0.25) is 0 Å². The van der Waals surface area contributed by atoms with Crippen LogP contribution in [0.4, 0.5) is 0 Å². The molecule has 2 fully saturated rings. The lowest BCUT2D eigenvalue weighted by atomic mass is 9.80. The number of ether oxygens (including phenoxy) is 9. The molecule has 4 heterocycles. The number of rotatable bonds is 7. The van der Waals surface area contributed by atoms with Gasteiger partial charge in [-0.15, -0.1) is 0 Å². The molecule has 10 nitrogen and oxygen atoms in total. The van der Waals surface area contributed by atoms with Crippen LogP contribution < -0.4 is 33.2 Å². The molecule has 7 rings (SSSR count). The van der Waals surface area contributed by atoms with Crippen molar-refractivity contribution in [1.29, 1.82) is 0 Å². The normalized spacial score (nSPS) is 28.8. The van der Waals surface area contributed by atoms with Gasteiger partial charge < -0.3 is 47.7 Å². The van der Waals surface area contributed by atoms with Crippen molar-refractivity contribution in [1.82, 2.24) is 0 Å². The van der Waals surface area contributed by atoms with Gasteiger partial charge in [-0.25, -0.2) is 0 Å². The van der Waals surface area contributed by atoms with Crippen molar-refractivity contribution < 1.29 is 47.7 Å². The maximum absolute atomic E-state index is 12.0. The van der Waals surface area contributed by atoms with E-state index in [9.17, 15) is 5.11 Å². The second kappa shape index (κ2) is 10.4. The van der Waals surface area contributed by atoms with E-state index >= 15 is 0 Å². The molecule has 3 aromatic rings. The standard InChI is InChI=1S/C32H34O10/c1-5-20-29(17-9-10-21-25(11-17)40-16-39-21)42-27-13-24(36-4)18(12-26(27)41-20)30-19-14-37-31(32(19,33)15-38-30)28-22(34-2)7-6-8-23(28)35-3/h6-13,19-20,29-31,33H,5,14-16H2,1-4H3/t19-,20+,29+,30+,31+,32-/m0/s1. The summed E-state index contributed by atoms with van der Waals surface area (Å²) in [5, 5.41) is 12.0. The van der Waals surface area contributed by atoms with Crippen LogP contribution in [0.15, 0.2) is 48.5 Å². The minimum absolute atomic E-state index is 0.0651. The Hall–Kier alpha value is -3.86. The summed E-state index contributed by atoms with van der Waals surface area (Å²) in [6.07, 6.45) is -1.07. The van der Waals surface area contributed by atoms with Gasteiger partial charge in [0.1, 0.15) is 35.1 Å². The summed E-state index contributed by atoms with van der Waals surface area (Å²) in [5.41, 5.74) is 1.03. The molecule has 4 aliphatic rings. The molecule has 0 bridgehead atoms. The molecule has 0 aliphatic carbocycles. The molecule has 0 spiro atoms. The van der Waals surface area contributed by atoms with Gasteiger partial charge >= 0.3 is 0 Å². The van der Waals surface area contributed by atoms with Crippen LogP contribution in [0.1, 0.15) is 48.3 Å². The summed E-state index contributed by atoms with van der Waals surface area (Å²) in [5.74, 6) is 3.92. The number of hydrogen-bond acceptors (Lipinski definition) is 10. The number of hydrogen-bond donors (Lipinski definition) is 1. The van der Waals surface area contributed by atoms with E-state index < -0.39 is 17.8 Å². The Morgan fingerprint density at radius 3 is 2.29 bits per heavy atom. The maximum Gasteiger partial charge on any atom is 0.231 e. The van der Waals surface area contributed by atoms with Crippen LogP contribution in [0.5, 0.6) is 40.2 Å². The Morgan fingerprint density at radius 1 is 0.810 bits per heavy atom. The molecule has 6 atom stereocenters. The Bertz CT molecular complexity index is 1470. The Morgan fingerprint density at radius 2 is 1.55 bits per heavy atom. The highest BCUT2D eigenvalue weighted by molar-refractivity contribution is 5.55. The van der Waals surface area contributed by atoms with E-state index in [1.54, 1.807) is 21.3 Å². The molecule has 1 N–H and O–H groups in total. The van der Waals surface area contributed by atoms with Crippen LogP contribution in [0.25, 0.3) is 0 Å². The molecule has 0 radical (unpaired) electrons. The summed E-state index contributed by atoms with van der Waals surface area (Å²) in [4.78, 5) is 0. The van der Waals surface area contributed by atoms with E-state index in [4.69, 9.17) is 42.6 Å². The first kappa shape index (κ1) is 27.0. The molecule has 4 aliphatic heterocycles. The molecule has 222 valence electrons. The zero-order valence-electron chi connectivity index (χ0n) is 24.0. The number of benzene rings is 3. The molecule has 3 aromatic carbocycles. The summed E-state index contributed by atoms with van der Waals surface area (Å²) < 4.78 is 53.7. The van der Waals surface area contributed by atoms with Gasteiger partial charge in [-0.05, 0) is 36.8 Å². The second-order valence-electron chi connectivity index (χ2n) is 10.9. The van der Waals surface area contributed by atoms with Crippen LogP contribution in [-0.4, -0.2) is 58.1 Å². The molecule has 42 heavy (non-hydrogen) atoms. The quantitative estimate of drug-likeness (QED) is 0.416. The lowest BCUT2D eigenvalue weighted by molar-refractivity contribution is -0.0643. The van der Waals surface area contributed by atoms with Gasteiger partial charge in [0, 0.05) is 23.1 Å². The highest BCUT2D eigenvalue weighted by Crippen LogP contribution is 2.58. The molecular weight excluding hydrogens is 544 g/mol. The Labute approximate surface area is 243 Å². The van der Waals surface area contributed by atoms with Gasteiger partial charge in [0.05, 0.1) is 46.2 Å². The molecule has 2 saturated heterocycles. The number of aliphatic hydroxyl groups is 1. The summed E-state index contributed by atoms with van der Waals surface area (Å²) in [6, 6.07) is 15.0. The monoisotopic (exact) mass is 578 g/mol. The fourth-order valence-corrected chi connectivity index (χ4v) is 6.58. The van der Waals surface area contributed by atoms with Crippen molar-refractivity contribution >= 4 is 0 Å². The lowest BCUT2D eigenvalue weighted by Crippen LogP contribution is -2.39. The largest absolute Gasteiger partial charge is 0.496 e. The van der Waals surface area contributed by atoms with E-state index in [-0.39, 0.29) is 38.1 Å². The second-order valence-corrected chi connectivity index (χ2v) is 10.9. The molecule has 0 aromatic heterocycles. The Kier molecular flexibility index (Phi) is 6.72. The Balaban J connectivity index is 1.20. The molecule has 0 unspecified atom stereocenters. The van der Waals surface area contributed by atoms with Crippen molar-refractivity contribution in [2.45, 2.75) is 43.4 Å². The molecule has 0 amide bonds. The third kappa shape index (κ3) is 4.11. The van der Waals surface area contributed by atoms with Gasteiger partial charge in [-0.1, -0.05) is 19.1 Å². The van der Waals surface area contributed by atoms with Gasteiger partial charge in [-0.2, -0.15) is 0 Å². The molecular formula is C32H34O10. The van der Waals surface area contributed by atoms with Crippen molar-refractivity contribution in [2.24, 2.45) is 5.92 Å². The third-order valence-electron chi connectivity index (χ3n) is 8.73. The highest BCUT2D eigenvalue weighted by Gasteiger charge is 2.61. The van der Waals surface area contributed by atoms with Crippen molar-refractivity contribution in [3.8, 4) is 40.2 Å². The van der Waals surface area contributed by atoms with Crippen molar-refractivity contribution in [3.63, 3.8) is 0 Å². The minimum atomic E-state index is -1.32. The van der Waals surface area contributed by atoms with Crippen LogP contribution in [0.3, 0.4) is 0 Å². The van der Waals surface area contributed by atoms with Gasteiger partial charge in [0.15, 0.2) is 29.1 Å². The first-order valence-corrected chi connectivity index (χ1v) is 14.1. The number of methoxy groups -OCH3 is 3. The number of fused-ring (bicyclic) bond motifs is 3. The minimum Gasteiger partial charge on any atom is -0.496 e. The van der Waals surface area contributed by atoms with Crippen LogP contribution >= 0.6 is 0 Å². The smallest absolute Gasteiger partial charge is 0.231 e.